The van der Waals surface area contributed by atoms with E-state index in [9.17, 15) is 15.3 Å². The summed E-state index contributed by atoms with van der Waals surface area (Å²) in [6, 6.07) is 3.92. The van der Waals surface area contributed by atoms with Crippen LogP contribution in [0.5, 0.6) is 0 Å². The first-order valence-electron chi connectivity index (χ1n) is 6.83. The van der Waals surface area contributed by atoms with Gasteiger partial charge in [-0.15, -0.1) is 0 Å². The van der Waals surface area contributed by atoms with Crippen molar-refractivity contribution in [2.24, 2.45) is 21.7 Å². The van der Waals surface area contributed by atoms with E-state index in [0.29, 0.717) is 12.8 Å². The summed E-state index contributed by atoms with van der Waals surface area (Å²) in [6.45, 7) is 5.32. The van der Waals surface area contributed by atoms with Gasteiger partial charge in [-0.05, 0) is 35.7 Å². The first-order chi connectivity index (χ1) is 10.4. The van der Waals surface area contributed by atoms with Crippen molar-refractivity contribution < 1.29 is 9.63 Å². The molecule has 1 amide bonds. The van der Waals surface area contributed by atoms with Crippen molar-refractivity contribution in [2.45, 2.75) is 39.8 Å². The van der Waals surface area contributed by atoms with Crippen LogP contribution < -0.4 is 11.1 Å². The molecule has 2 atom stereocenters. The molecule has 1 heterocycles. The molecule has 0 aromatic rings. The maximum Gasteiger partial charge on any atom is 0.244 e. The molecule has 22 heavy (non-hydrogen) atoms. The van der Waals surface area contributed by atoms with Gasteiger partial charge in [0.25, 0.3) is 0 Å². The van der Waals surface area contributed by atoms with Crippen LogP contribution in [0.1, 0.15) is 33.6 Å². The Morgan fingerprint density at radius 2 is 2.14 bits per heavy atom. The highest BCUT2D eigenvalue weighted by Gasteiger charge is 2.65. The summed E-state index contributed by atoms with van der Waals surface area (Å²) in [5.41, 5.74) is 2.71. The molecule has 0 aromatic heterocycles. The van der Waals surface area contributed by atoms with E-state index in [4.69, 9.17) is 10.6 Å². The summed E-state index contributed by atoms with van der Waals surface area (Å²) in [5.74, 6) is -0.872. The molecule has 0 aliphatic carbocycles. The van der Waals surface area contributed by atoms with Gasteiger partial charge in [-0.1, -0.05) is 19.0 Å². The molecule has 0 fully saturated rings. The molecule has 7 nitrogen and oxygen atoms in total. The lowest BCUT2D eigenvalue weighted by molar-refractivity contribution is -0.145. The van der Waals surface area contributed by atoms with Crippen LogP contribution in [-0.4, -0.2) is 18.3 Å². The van der Waals surface area contributed by atoms with Gasteiger partial charge in [0.1, 0.15) is 0 Å². The number of amides is 1. The Hall–Kier alpha value is -2.06. The van der Waals surface area contributed by atoms with Crippen molar-refractivity contribution in [3.8, 4) is 12.1 Å². The summed E-state index contributed by atoms with van der Waals surface area (Å²) in [7, 11) is 0. The molecule has 1 aliphatic rings. The molecule has 0 saturated heterocycles. The fraction of sp³-hybridized carbons (Fsp3) is 0.571. The van der Waals surface area contributed by atoms with Crippen molar-refractivity contribution in [3.05, 3.63) is 10.2 Å². The molecule has 0 bridgehead atoms. The zero-order chi connectivity index (χ0) is 17.0. The summed E-state index contributed by atoms with van der Waals surface area (Å²) < 4.78 is 0.212. The molecule has 3 N–H and O–H groups in total. The summed E-state index contributed by atoms with van der Waals surface area (Å²) >= 11 is 3.20. The minimum Gasteiger partial charge on any atom is -0.370 e. The number of nitriles is 2. The normalized spacial score (nSPS) is 26.9. The van der Waals surface area contributed by atoms with Gasteiger partial charge in [0.15, 0.2) is 5.41 Å². The first kappa shape index (κ1) is 18.0. The summed E-state index contributed by atoms with van der Waals surface area (Å²) in [4.78, 5) is 17.7. The minimum absolute atomic E-state index is 0.0356. The predicted octanol–water partition coefficient (Wildman–Crippen LogP) is 1.87. The molecule has 0 aromatic carbocycles. The average molecular weight is 368 g/mol. The molecule has 0 saturated carbocycles. The smallest absolute Gasteiger partial charge is 0.244 e. The maximum absolute atomic E-state index is 12.2. The number of hydrogen-bond acceptors (Lipinski definition) is 6. The highest BCUT2D eigenvalue weighted by atomic mass is 79.9. The van der Waals surface area contributed by atoms with Gasteiger partial charge in [-0.3, -0.25) is 4.79 Å². The van der Waals surface area contributed by atoms with E-state index in [-0.39, 0.29) is 10.2 Å². The van der Waals surface area contributed by atoms with E-state index in [1.165, 1.54) is 6.21 Å². The quantitative estimate of drug-likeness (QED) is 0.435. The second-order valence-electron chi connectivity index (χ2n) is 4.88. The molecule has 0 radical (unpaired) electrons. The van der Waals surface area contributed by atoms with Crippen LogP contribution >= 0.6 is 15.9 Å². The minimum atomic E-state index is -1.80. The lowest BCUT2D eigenvalue weighted by Crippen LogP contribution is -2.63. The van der Waals surface area contributed by atoms with Crippen LogP contribution in [0.3, 0.4) is 0 Å². The number of nitrogens with one attached hydrogen (secondary N) is 1. The molecule has 0 spiro atoms. The number of nitrogens with zero attached hydrogens (tertiary/aromatic N) is 3. The van der Waals surface area contributed by atoms with E-state index in [0.717, 1.165) is 0 Å². The van der Waals surface area contributed by atoms with Crippen molar-refractivity contribution >= 4 is 28.1 Å². The molecule has 1 aliphatic heterocycles. The van der Waals surface area contributed by atoms with Crippen LogP contribution in [0.15, 0.2) is 15.3 Å². The number of primary amides is 1. The number of carbonyl (C=O) groups excluding carboxylic acids is 1. The van der Waals surface area contributed by atoms with Gasteiger partial charge in [0.05, 0.1) is 27.7 Å². The van der Waals surface area contributed by atoms with Gasteiger partial charge in [0.2, 0.25) is 12.1 Å². The van der Waals surface area contributed by atoms with Crippen LogP contribution in [-0.2, 0) is 9.63 Å². The molecule has 118 valence electrons. The largest absolute Gasteiger partial charge is 0.370 e. The van der Waals surface area contributed by atoms with Crippen molar-refractivity contribution in [1.82, 2.24) is 5.32 Å². The van der Waals surface area contributed by atoms with Crippen LogP contribution in [0.4, 0.5) is 0 Å². The monoisotopic (exact) mass is 367 g/mol. The van der Waals surface area contributed by atoms with Gasteiger partial charge in [0, 0.05) is 6.21 Å². The van der Waals surface area contributed by atoms with E-state index in [2.05, 4.69) is 26.4 Å². The zero-order valence-corrected chi connectivity index (χ0v) is 14.3. The van der Waals surface area contributed by atoms with E-state index in [1.54, 1.807) is 6.92 Å². The predicted molar refractivity (Wildman–Crippen MR) is 84.0 cm³/mol. The van der Waals surface area contributed by atoms with Crippen LogP contribution in [0.2, 0.25) is 0 Å². The topological polar surface area (TPSA) is 124 Å². The van der Waals surface area contributed by atoms with Crippen molar-refractivity contribution in [2.75, 3.05) is 0 Å². The Morgan fingerprint density at radius 3 is 2.50 bits per heavy atom. The Bertz CT molecular complexity index is 597. The van der Waals surface area contributed by atoms with Gasteiger partial charge in [-0.25, -0.2) is 0 Å². The lowest BCUT2D eigenvalue weighted by Gasteiger charge is -2.50. The Balaban J connectivity index is 3.76. The number of carbonyl (C=O) groups is 1. The first-order valence-corrected chi connectivity index (χ1v) is 7.62. The van der Waals surface area contributed by atoms with Crippen molar-refractivity contribution in [3.63, 3.8) is 0 Å². The molecular weight excluding hydrogens is 350 g/mol. The number of nitrogens with two attached hydrogens (primary N) is 1. The fourth-order valence-corrected chi connectivity index (χ4v) is 3.65. The van der Waals surface area contributed by atoms with Gasteiger partial charge >= 0.3 is 0 Å². The number of hydrogen-bond donors (Lipinski definition) is 2. The lowest BCUT2D eigenvalue weighted by atomic mass is 9.55. The zero-order valence-electron chi connectivity index (χ0n) is 12.7. The summed E-state index contributed by atoms with van der Waals surface area (Å²) in [6.07, 6.45) is 1.45. The maximum atomic E-state index is 12.2. The fourth-order valence-electron chi connectivity index (χ4n) is 3.06. The number of rotatable bonds is 5. The Morgan fingerprint density at radius 1 is 1.55 bits per heavy atom. The standard InChI is InChI=1S/C14H18BrN5O2/c1-4-13(5-2)12(22-19-6-3)20-10(15)9(7-16)14(13,8-17)11(18)21/h6,12,20H,4-5H2,1-3H3,(H2,18,21)/b19-6+. The van der Waals surface area contributed by atoms with Crippen molar-refractivity contribution in [1.29, 1.82) is 10.5 Å². The summed E-state index contributed by atoms with van der Waals surface area (Å²) in [5, 5.41) is 26.0. The highest BCUT2D eigenvalue weighted by molar-refractivity contribution is 9.11. The Labute approximate surface area is 137 Å². The molecular formula is C14H18BrN5O2. The highest BCUT2D eigenvalue weighted by Crippen LogP contribution is 2.55. The average Bonchev–Trinajstić information content (AvgIpc) is 2.51. The van der Waals surface area contributed by atoms with Gasteiger partial charge in [-0.2, -0.15) is 10.5 Å². The number of oxime groups is 1. The van der Waals surface area contributed by atoms with E-state index >= 15 is 0 Å². The van der Waals surface area contributed by atoms with E-state index < -0.39 is 23.0 Å². The molecule has 2 unspecified atom stereocenters. The van der Waals surface area contributed by atoms with E-state index in [1.807, 2.05) is 26.0 Å². The second kappa shape index (κ2) is 6.80. The molecule has 8 heteroatoms. The SMILES string of the molecule is C/C=N/OC1NC(Br)=C(C#N)C(C#N)(C(N)=O)C1(CC)CC. The second-order valence-corrected chi connectivity index (χ2v) is 5.68. The third-order valence-electron chi connectivity index (χ3n) is 4.28. The van der Waals surface area contributed by atoms with Crippen LogP contribution in [0, 0.1) is 33.5 Å². The number of halogens is 1. The van der Waals surface area contributed by atoms with Crippen LogP contribution in [0.25, 0.3) is 0 Å². The molecule has 1 rings (SSSR count). The third-order valence-corrected chi connectivity index (χ3v) is 4.91. The third kappa shape index (κ3) is 2.24. The Kier molecular flexibility index (Phi) is 5.56. The van der Waals surface area contributed by atoms with Gasteiger partial charge < -0.3 is 15.9 Å².